The molecule has 2 rings (SSSR count). The molecule has 2 aromatic rings. The zero-order valence-electron chi connectivity index (χ0n) is 13.5. The number of aryl methyl sites for hydroxylation is 1. The number of rotatable bonds is 6. The number of aromatic nitrogens is 2. The molecule has 122 valence electrons. The van der Waals surface area contributed by atoms with Crippen LogP contribution in [0.5, 0.6) is 0 Å². The van der Waals surface area contributed by atoms with Crippen LogP contribution in [0.1, 0.15) is 36.3 Å². The Morgan fingerprint density at radius 2 is 1.96 bits per heavy atom. The topological polar surface area (TPSA) is 84.2 Å². The molecule has 0 saturated carbocycles. The Labute approximate surface area is 135 Å². The van der Waals surface area contributed by atoms with E-state index >= 15 is 0 Å². The molecule has 1 amide bonds. The van der Waals surface area contributed by atoms with Crippen LogP contribution in [0, 0.1) is 12.8 Å². The van der Waals surface area contributed by atoms with Crippen LogP contribution in [0.2, 0.25) is 0 Å². The van der Waals surface area contributed by atoms with Crippen molar-refractivity contribution in [1.82, 2.24) is 15.1 Å². The number of aliphatic carboxylic acids is 1. The Hall–Kier alpha value is -2.63. The van der Waals surface area contributed by atoms with Crippen molar-refractivity contribution in [3.63, 3.8) is 0 Å². The number of carboxylic acids is 1. The zero-order chi connectivity index (χ0) is 17.0. The number of carbonyl (C=O) groups is 2. The number of carbonyl (C=O) groups excluding carboxylic acids is 1. The summed E-state index contributed by atoms with van der Waals surface area (Å²) < 4.78 is 1.61. The molecule has 1 aromatic carbocycles. The van der Waals surface area contributed by atoms with E-state index in [1.165, 1.54) is 0 Å². The first-order valence-electron chi connectivity index (χ1n) is 7.59. The molecule has 0 spiro atoms. The van der Waals surface area contributed by atoms with Crippen molar-refractivity contribution < 1.29 is 14.7 Å². The number of nitrogens with one attached hydrogen (secondary N) is 1. The van der Waals surface area contributed by atoms with Crippen LogP contribution >= 0.6 is 0 Å². The minimum absolute atomic E-state index is 0.152. The summed E-state index contributed by atoms with van der Waals surface area (Å²) in [5, 5.41) is 16.2. The van der Waals surface area contributed by atoms with E-state index in [1.54, 1.807) is 24.7 Å². The second-order valence-electron chi connectivity index (χ2n) is 5.58. The first kappa shape index (κ1) is 16.7. The maximum Gasteiger partial charge on any atom is 0.326 e. The van der Waals surface area contributed by atoms with Crippen LogP contribution in [0.3, 0.4) is 0 Å². The molecule has 0 bridgehead atoms. The average molecular weight is 315 g/mol. The van der Waals surface area contributed by atoms with Gasteiger partial charge in [-0.1, -0.05) is 38.5 Å². The molecule has 0 radical (unpaired) electrons. The Kier molecular flexibility index (Phi) is 5.16. The third-order valence-corrected chi connectivity index (χ3v) is 3.93. The van der Waals surface area contributed by atoms with Gasteiger partial charge in [0, 0.05) is 6.20 Å². The second kappa shape index (κ2) is 7.09. The van der Waals surface area contributed by atoms with Crippen molar-refractivity contribution in [2.75, 3.05) is 0 Å². The summed E-state index contributed by atoms with van der Waals surface area (Å²) in [6.07, 6.45) is 2.29. The van der Waals surface area contributed by atoms with Crippen molar-refractivity contribution in [2.24, 2.45) is 5.92 Å². The van der Waals surface area contributed by atoms with Crippen LogP contribution < -0.4 is 5.32 Å². The highest BCUT2D eigenvalue weighted by Gasteiger charge is 2.27. The van der Waals surface area contributed by atoms with Crippen molar-refractivity contribution in [3.8, 4) is 5.69 Å². The molecule has 0 aliphatic carbocycles. The van der Waals surface area contributed by atoms with E-state index in [2.05, 4.69) is 10.4 Å². The summed E-state index contributed by atoms with van der Waals surface area (Å²) in [4.78, 5) is 23.8. The molecule has 0 saturated heterocycles. The molecule has 1 heterocycles. The summed E-state index contributed by atoms with van der Waals surface area (Å²) in [5.41, 5.74) is 1.77. The Bertz CT molecular complexity index is 694. The first-order valence-corrected chi connectivity index (χ1v) is 7.59. The van der Waals surface area contributed by atoms with Gasteiger partial charge in [-0.15, -0.1) is 0 Å². The molecule has 0 fully saturated rings. The largest absolute Gasteiger partial charge is 0.480 e. The van der Waals surface area contributed by atoms with Gasteiger partial charge in [-0.25, -0.2) is 9.48 Å². The molecule has 6 heteroatoms. The number of amides is 1. The third kappa shape index (κ3) is 3.77. The lowest BCUT2D eigenvalue weighted by Gasteiger charge is -2.19. The molecule has 1 aromatic heterocycles. The predicted octanol–water partition coefficient (Wildman–Crippen LogP) is 2.41. The first-order chi connectivity index (χ1) is 10.9. The Morgan fingerprint density at radius 3 is 2.52 bits per heavy atom. The molecule has 0 aliphatic heterocycles. The maximum absolute atomic E-state index is 12.4. The van der Waals surface area contributed by atoms with E-state index in [1.807, 2.05) is 37.3 Å². The van der Waals surface area contributed by atoms with Crippen molar-refractivity contribution in [2.45, 2.75) is 33.2 Å². The van der Waals surface area contributed by atoms with Gasteiger partial charge in [0.25, 0.3) is 5.91 Å². The van der Waals surface area contributed by atoms with Crippen LogP contribution in [0.25, 0.3) is 5.69 Å². The third-order valence-electron chi connectivity index (χ3n) is 3.93. The van der Waals surface area contributed by atoms with Crippen LogP contribution in [-0.4, -0.2) is 32.8 Å². The van der Waals surface area contributed by atoms with Crippen molar-refractivity contribution >= 4 is 11.9 Å². The van der Waals surface area contributed by atoms with Crippen LogP contribution in [0.4, 0.5) is 0 Å². The van der Waals surface area contributed by atoms with Crippen molar-refractivity contribution in [3.05, 3.63) is 47.8 Å². The van der Waals surface area contributed by atoms with Gasteiger partial charge < -0.3 is 10.4 Å². The van der Waals surface area contributed by atoms with E-state index in [9.17, 15) is 14.7 Å². The van der Waals surface area contributed by atoms with Crippen LogP contribution in [0.15, 0.2) is 36.5 Å². The molecule has 23 heavy (non-hydrogen) atoms. The Morgan fingerprint density at radius 1 is 1.30 bits per heavy atom. The van der Waals surface area contributed by atoms with E-state index in [-0.39, 0.29) is 5.92 Å². The number of para-hydroxylation sites is 1. The highest BCUT2D eigenvalue weighted by molar-refractivity contribution is 5.97. The van der Waals surface area contributed by atoms with Gasteiger partial charge in [0.1, 0.15) is 6.04 Å². The molecule has 2 N–H and O–H groups in total. The van der Waals surface area contributed by atoms with Gasteiger partial charge in [0.05, 0.1) is 16.9 Å². The molecular weight excluding hydrogens is 294 g/mol. The highest BCUT2D eigenvalue weighted by Crippen LogP contribution is 2.14. The SMILES string of the molecule is CC[C@H](C)[C@H](NC(=O)c1cn(-c2ccccc2)nc1C)C(=O)O. The number of benzene rings is 1. The van der Waals surface area contributed by atoms with Gasteiger partial charge >= 0.3 is 5.97 Å². The lowest BCUT2D eigenvalue weighted by Crippen LogP contribution is -2.45. The summed E-state index contributed by atoms with van der Waals surface area (Å²) >= 11 is 0. The molecule has 0 unspecified atom stereocenters. The summed E-state index contributed by atoms with van der Waals surface area (Å²) in [5.74, 6) is -1.60. The maximum atomic E-state index is 12.4. The fourth-order valence-electron chi connectivity index (χ4n) is 2.30. The van der Waals surface area contributed by atoms with Crippen molar-refractivity contribution in [1.29, 1.82) is 0 Å². The normalized spacial score (nSPS) is 13.3. The second-order valence-corrected chi connectivity index (χ2v) is 5.58. The molecule has 0 aliphatic rings. The number of hydrogen-bond acceptors (Lipinski definition) is 3. The quantitative estimate of drug-likeness (QED) is 0.857. The van der Waals surface area contributed by atoms with Gasteiger partial charge in [-0.2, -0.15) is 5.10 Å². The summed E-state index contributed by atoms with van der Waals surface area (Å²) in [6.45, 7) is 5.43. The lowest BCUT2D eigenvalue weighted by molar-refractivity contribution is -0.140. The summed E-state index contributed by atoms with van der Waals surface area (Å²) in [7, 11) is 0. The molecular formula is C17H21N3O3. The molecule has 6 nitrogen and oxygen atoms in total. The van der Waals surface area contributed by atoms with E-state index in [0.717, 1.165) is 5.69 Å². The molecule has 2 atom stereocenters. The zero-order valence-corrected chi connectivity index (χ0v) is 13.5. The Balaban J connectivity index is 2.23. The highest BCUT2D eigenvalue weighted by atomic mass is 16.4. The fraction of sp³-hybridized carbons (Fsp3) is 0.353. The van der Waals surface area contributed by atoms with E-state index in [0.29, 0.717) is 17.7 Å². The predicted molar refractivity (Wildman–Crippen MR) is 86.6 cm³/mol. The number of nitrogens with zero attached hydrogens (tertiary/aromatic N) is 2. The van der Waals surface area contributed by atoms with Gasteiger partial charge in [0.15, 0.2) is 0 Å². The van der Waals surface area contributed by atoms with Gasteiger partial charge in [0.2, 0.25) is 0 Å². The minimum atomic E-state index is -1.03. The van der Waals surface area contributed by atoms with Gasteiger partial charge in [-0.3, -0.25) is 4.79 Å². The number of carboxylic acid groups (broad SMARTS) is 1. The van der Waals surface area contributed by atoms with E-state index < -0.39 is 17.9 Å². The summed E-state index contributed by atoms with van der Waals surface area (Å²) in [6, 6.07) is 8.52. The number of hydrogen-bond donors (Lipinski definition) is 2. The van der Waals surface area contributed by atoms with Crippen LogP contribution in [-0.2, 0) is 4.79 Å². The smallest absolute Gasteiger partial charge is 0.326 e. The monoisotopic (exact) mass is 315 g/mol. The fourth-order valence-corrected chi connectivity index (χ4v) is 2.30. The van der Waals surface area contributed by atoms with E-state index in [4.69, 9.17) is 0 Å². The average Bonchev–Trinajstić information content (AvgIpc) is 2.94. The minimum Gasteiger partial charge on any atom is -0.480 e. The standard InChI is InChI=1S/C17H21N3O3/c1-4-11(2)15(17(22)23)18-16(21)14-10-20(19-12(14)3)13-8-6-5-7-9-13/h5-11,15H,4H2,1-3H3,(H,18,21)(H,22,23)/t11-,15-/m0/s1. The van der Waals surface area contributed by atoms with Gasteiger partial charge in [-0.05, 0) is 25.0 Å². The lowest BCUT2D eigenvalue weighted by atomic mass is 9.99.